The molecule has 0 nitrogen and oxygen atoms in total. The zero-order valence-electron chi connectivity index (χ0n) is 22.8. The molecule has 0 N–H and O–H groups in total. The number of hydrogen-bond acceptors (Lipinski definition) is 0. The molecule has 5 aromatic carbocycles. The molecule has 39 heavy (non-hydrogen) atoms. The Morgan fingerprint density at radius 1 is 0.718 bits per heavy atom. The molecule has 3 heteroatoms. The molecule has 0 saturated heterocycles. The first-order chi connectivity index (χ1) is 18.1. The third-order valence-electron chi connectivity index (χ3n) is 6.64. The molecule has 5 aromatic rings. The van der Waals surface area contributed by atoms with Gasteiger partial charge in [-0.15, -0.1) is 46.2 Å². The molecule has 0 unspecified atom stereocenters. The molecule has 1 aliphatic rings. The van der Waals surface area contributed by atoms with Gasteiger partial charge in [-0.1, -0.05) is 56.2 Å². The Morgan fingerprint density at radius 2 is 1.18 bits per heavy atom. The molecular formula is C36H34Cl2Zr-2. The summed E-state index contributed by atoms with van der Waals surface area (Å²) >= 11 is 1.46. The Labute approximate surface area is 261 Å². The van der Waals surface area contributed by atoms with Gasteiger partial charge in [-0.3, -0.25) is 6.08 Å². The average molecular weight is 629 g/mol. The Hall–Kier alpha value is -2.44. The molecule has 1 aliphatic carbocycles. The van der Waals surface area contributed by atoms with Gasteiger partial charge in [0.25, 0.3) is 0 Å². The van der Waals surface area contributed by atoms with Crippen LogP contribution in [0.25, 0.3) is 21.5 Å². The second-order valence-corrected chi connectivity index (χ2v) is 10.5. The van der Waals surface area contributed by atoms with Gasteiger partial charge in [0.05, 0.1) is 0 Å². The van der Waals surface area contributed by atoms with Crippen LogP contribution in [0.3, 0.4) is 0 Å². The molecule has 0 bridgehead atoms. The normalized spacial score (nSPS) is 11.4. The summed E-state index contributed by atoms with van der Waals surface area (Å²) in [5.74, 6) is 0. The van der Waals surface area contributed by atoms with Crippen molar-refractivity contribution < 1.29 is 49.0 Å². The molecule has 0 saturated carbocycles. The van der Waals surface area contributed by atoms with E-state index in [-0.39, 0.29) is 24.8 Å². The second kappa shape index (κ2) is 16.6. The van der Waals surface area contributed by atoms with Crippen molar-refractivity contribution >= 4 is 24.8 Å². The summed E-state index contributed by atoms with van der Waals surface area (Å²) in [6.07, 6.45) is 10.6. The predicted molar refractivity (Wildman–Crippen MR) is 158 cm³/mol. The van der Waals surface area contributed by atoms with Crippen molar-refractivity contribution in [2.24, 2.45) is 0 Å². The summed E-state index contributed by atoms with van der Waals surface area (Å²) in [4.78, 5) is 0. The van der Waals surface area contributed by atoms with Crippen LogP contribution in [0.15, 0.2) is 121 Å². The fourth-order valence-electron chi connectivity index (χ4n) is 4.45. The van der Waals surface area contributed by atoms with Crippen LogP contribution < -0.4 is 24.8 Å². The van der Waals surface area contributed by atoms with Crippen molar-refractivity contribution in [1.82, 2.24) is 0 Å². The van der Waals surface area contributed by atoms with Gasteiger partial charge in [0.15, 0.2) is 0 Å². The fourth-order valence-corrected chi connectivity index (χ4v) is 5.27. The first-order valence-corrected chi connectivity index (χ1v) is 14.4. The molecule has 0 radical (unpaired) electrons. The predicted octanol–water partition coefficient (Wildman–Crippen LogP) is 3.34. The van der Waals surface area contributed by atoms with E-state index in [2.05, 4.69) is 142 Å². The first-order valence-electron chi connectivity index (χ1n) is 13.1. The van der Waals surface area contributed by atoms with Crippen molar-refractivity contribution in [2.45, 2.75) is 40.0 Å². The molecule has 0 aromatic heterocycles. The van der Waals surface area contributed by atoms with E-state index < -0.39 is 0 Å². The number of fused-ring (bicyclic) bond motifs is 3. The minimum absolute atomic E-state index is 0. The van der Waals surface area contributed by atoms with Gasteiger partial charge in [-0.25, -0.2) is 11.6 Å². The van der Waals surface area contributed by atoms with Crippen LogP contribution in [0.2, 0.25) is 0 Å². The molecule has 198 valence electrons. The summed E-state index contributed by atoms with van der Waals surface area (Å²) < 4.78 is 1.42. The summed E-state index contributed by atoms with van der Waals surface area (Å²) in [5, 5.41) is 5.54. The standard InChI is InChI=1S/C17H17.C13H10.C6H7.2ClH.Zr/c1-3-12-5-7-16-14(9-12)11-15-10-13(4-2)6-8-17(15)16;1-3-7-12(8-4-1)11-13-9-5-2-6-10-13;1-6-4-2-3-5-6;;;/h5-11H,3-4H2,1-2H3;1-10H;2,4H,3H2,1H3;2*1H;/q-1;;-1;;;+2/p-2. The summed E-state index contributed by atoms with van der Waals surface area (Å²) in [7, 11) is 0. The topological polar surface area (TPSA) is 0 Å². The van der Waals surface area contributed by atoms with E-state index in [0.29, 0.717) is 0 Å². The van der Waals surface area contributed by atoms with Gasteiger partial charge >= 0.3 is 99.2 Å². The Bertz CT molecular complexity index is 1420. The Kier molecular flexibility index (Phi) is 14.0. The van der Waals surface area contributed by atoms with Gasteiger partial charge in [-0.2, -0.15) is 6.08 Å². The number of benzene rings is 4. The molecular weight excluding hydrogens is 595 g/mol. The van der Waals surface area contributed by atoms with Crippen LogP contribution >= 0.6 is 0 Å². The minimum atomic E-state index is 0. The van der Waals surface area contributed by atoms with E-state index in [9.17, 15) is 0 Å². The fraction of sp³-hybridized carbons (Fsp3) is 0.167. The van der Waals surface area contributed by atoms with Crippen LogP contribution in [-0.4, -0.2) is 3.21 Å². The van der Waals surface area contributed by atoms with Crippen LogP contribution in [0, 0.1) is 6.08 Å². The van der Waals surface area contributed by atoms with E-state index in [1.807, 2.05) is 0 Å². The maximum absolute atomic E-state index is 3.12. The van der Waals surface area contributed by atoms with Gasteiger partial charge in [0.2, 0.25) is 0 Å². The number of hydrogen-bond donors (Lipinski definition) is 0. The number of aryl methyl sites for hydroxylation is 2. The SMILES string of the molecule is CC1=[C-]CC=C1.CCc1ccc2c(c1)[cH-]c1cc(CC)ccc12.[Cl-].[Cl-].[Zr+2]=[C](c1ccccc1)c1ccccc1. The van der Waals surface area contributed by atoms with Crippen LogP contribution in [0.4, 0.5) is 0 Å². The van der Waals surface area contributed by atoms with E-state index >= 15 is 0 Å². The summed E-state index contributed by atoms with van der Waals surface area (Å²) in [6.45, 7) is 6.47. The second-order valence-electron chi connectivity index (χ2n) is 9.27. The number of allylic oxidation sites excluding steroid dienone is 4. The van der Waals surface area contributed by atoms with Crippen molar-refractivity contribution in [3.63, 3.8) is 0 Å². The molecule has 6 rings (SSSR count). The molecule has 0 fully saturated rings. The number of rotatable bonds is 4. The zero-order valence-corrected chi connectivity index (χ0v) is 26.8. The van der Waals surface area contributed by atoms with Crippen molar-refractivity contribution in [3.8, 4) is 0 Å². The van der Waals surface area contributed by atoms with E-state index in [1.54, 1.807) is 0 Å². The van der Waals surface area contributed by atoms with Crippen LogP contribution in [0.1, 0.15) is 49.4 Å². The average Bonchev–Trinajstić information content (AvgIpc) is 3.59. The Balaban J connectivity index is 0.000000219. The monoisotopic (exact) mass is 626 g/mol. The third-order valence-corrected chi connectivity index (χ3v) is 8.06. The maximum atomic E-state index is 3.12. The van der Waals surface area contributed by atoms with Gasteiger partial charge < -0.3 is 24.8 Å². The van der Waals surface area contributed by atoms with E-state index in [4.69, 9.17) is 0 Å². The Morgan fingerprint density at radius 3 is 1.51 bits per heavy atom. The third kappa shape index (κ3) is 9.04. The van der Waals surface area contributed by atoms with E-state index in [0.717, 1.165) is 19.3 Å². The van der Waals surface area contributed by atoms with Crippen molar-refractivity contribution in [1.29, 1.82) is 0 Å². The van der Waals surface area contributed by atoms with E-state index in [1.165, 1.54) is 76.8 Å². The number of halogens is 2. The first kappa shape index (κ1) is 32.8. The van der Waals surface area contributed by atoms with Gasteiger partial charge in [0.1, 0.15) is 0 Å². The van der Waals surface area contributed by atoms with Crippen LogP contribution in [-0.2, 0) is 37.1 Å². The molecule has 0 atom stereocenters. The summed E-state index contributed by atoms with van der Waals surface area (Å²) in [6, 6.07) is 37.1. The quantitative estimate of drug-likeness (QED) is 0.268. The van der Waals surface area contributed by atoms with Crippen molar-refractivity contribution in [2.75, 3.05) is 0 Å². The summed E-state index contributed by atoms with van der Waals surface area (Å²) in [5.41, 5.74) is 6.77. The molecule has 0 aliphatic heterocycles. The van der Waals surface area contributed by atoms with Gasteiger partial charge in [0, 0.05) is 0 Å². The van der Waals surface area contributed by atoms with Crippen molar-refractivity contribution in [3.05, 3.63) is 149 Å². The molecule has 0 amide bonds. The zero-order chi connectivity index (χ0) is 26.0. The van der Waals surface area contributed by atoms with Gasteiger partial charge in [-0.05, 0) is 12.8 Å². The van der Waals surface area contributed by atoms with Crippen LogP contribution in [0.5, 0.6) is 0 Å². The molecule has 0 spiro atoms. The molecule has 0 heterocycles.